The molecule has 0 saturated carbocycles. The van der Waals surface area contributed by atoms with Crippen molar-refractivity contribution in [3.8, 4) is 5.75 Å². The second-order valence-corrected chi connectivity index (χ2v) is 4.78. The van der Waals surface area contributed by atoms with Crippen LogP contribution in [-0.4, -0.2) is 24.9 Å². The molecule has 3 heteroatoms. The van der Waals surface area contributed by atoms with Crippen LogP contribution in [0.1, 0.15) is 39.2 Å². The summed E-state index contributed by atoms with van der Waals surface area (Å²) in [7, 11) is 1.66. The number of methoxy groups -OCH3 is 1. The van der Waals surface area contributed by atoms with Gasteiger partial charge >= 0.3 is 0 Å². The molecule has 102 valence electrons. The summed E-state index contributed by atoms with van der Waals surface area (Å²) in [5, 5.41) is 13.3. The third-order valence-corrected chi connectivity index (χ3v) is 3.65. The van der Waals surface area contributed by atoms with Crippen molar-refractivity contribution in [2.24, 2.45) is 0 Å². The van der Waals surface area contributed by atoms with Crippen molar-refractivity contribution in [2.45, 2.75) is 45.2 Å². The van der Waals surface area contributed by atoms with Gasteiger partial charge in [0.25, 0.3) is 0 Å². The van der Waals surface area contributed by atoms with E-state index in [4.69, 9.17) is 4.74 Å². The summed E-state index contributed by atoms with van der Waals surface area (Å²) in [5.41, 5.74) is 0.746. The molecular formula is C15H25NO2. The molecule has 0 aliphatic heterocycles. The van der Waals surface area contributed by atoms with Gasteiger partial charge in [-0.25, -0.2) is 0 Å². The number of benzene rings is 1. The maximum atomic E-state index is 9.81. The van der Waals surface area contributed by atoms with E-state index >= 15 is 0 Å². The first-order valence-corrected chi connectivity index (χ1v) is 6.65. The molecule has 3 nitrogen and oxygen atoms in total. The molecule has 2 unspecified atom stereocenters. The van der Waals surface area contributed by atoms with Crippen molar-refractivity contribution in [1.29, 1.82) is 0 Å². The summed E-state index contributed by atoms with van der Waals surface area (Å²) in [5.74, 6) is 0.838. The zero-order chi connectivity index (χ0) is 13.6. The van der Waals surface area contributed by atoms with E-state index in [0.717, 1.165) is 24.2 Å². The van der Waals surface area contributed by atoms with Gasteiger partial charge in [-0.05, 0) is 37.5 Å². The number of aliphatic hydroxyl groups is 1. The molecule has 0 saturated heterocycles. The Morgan fingerprint density at radius 3 is 2.28 bits per heavy atom. The number of hydrogen-bond acceptors (Lipinski definition) is 3. The van der Waals surface area contributed by atoms with Gasteiger partial charge < -0.3 is 15.2 Å². The molecule has 1 aromatic carbocycles. The number of nitrogens with one attached hydrogen (secondary N) is 1. The van der Waals surface area contributed by atoms with E-state index in [0.29, 0.717) is 6.04 Å². The molecular weight excluding hydrogens is 226 g/mol. The highest BCUT2D eigenvalue weighted by Crippen LogP contribution is 2.27. The summed E-state index contributed by atoms with van der Waals surface area (Å²) >= 11 is 0. The van der Waals surface area contributed by atoms with Gasteiger partial charge in [0.1, 0.15) is 5.75 Å². The van der Waals surface area contributed by atoms with Crippen LogP contribution in [0.3, 0.4) is 0 Å². The average Bonchev–Trinajstić information content (AvgIpc) is 2.44. The maximum absolute atomic E-state index is 9.81. The summed E-state index contributed by atoms with van der Waals surface area (Å²) in [6.45, 7) is 6.48. The molecule has 0 spiro atoms. The van der Waals surface area contributed by atoms with Gasteiger partial charge in [-0.1, -0.05) is 26.0 Å². The van der Waals surface area contributed by atoms with Crippen molar-refractivity contribution in [3.05, 3.63) is 29.8 Å². The van der Waals surface area contributed by atoms with Crippen molar-refractivity contribution in [1.82, 2.24) is 5.32 Å². The van der Waals surface area contributed by atoms with E-state index in [1.807, 2.05) is 24.3 Å². The Balaban J connectivity index is 3.01. The Kier molecular flexibility index (Phi) is 5.63. The first kappa shape index (κ1) is 15.0. The fourth-order valence-corrected chi connectivity index (χ4v) is 2.12. The van der Waals surface area contributed by atoms with Crippen LogP contribution in [0, 0.1) is 0 Å². The molecule has 2 atom stereocenters. The molecule has 0 aromatic heterocycles. The molecule has 1 rings (SSSR count). The minimum Gasteiger partial charge on any atom is -0.497 e. The van der Waals surface area contributed by atoms with Gasteiger partial charge in [0.2, 0.25) is 0 Å². The van der Waals surface area contributed by atoms with E-state index in [-0.39, 0.29) is 12.1 Å². The van der Waals surface area contributed by atoms with Crippen LogP contribution in [0.5, 0.6) is 5.75 Å². The summed E-state index contributed by atoms with van der Waals surface area (Å²) in [6.07, 6.45) is 1.89. The first-order valence-electron chi connectivity index (χ1n) is 6.65. The van der Waals surface area contributed by atoms with Gasteiger partial charge in [0.05, 0.1) is 19.3 Å². The van der Waals surface area contributed by atoms with Crippen molar-refractivity contribution < 1.29 is 9.84 Å². The first-order chi connectivity index (χ1) is 8.61. The van der Waals surface area contributed by atoms with Gasteiger partial charge in [-0.2, -0.15) is 0 Å². The minimum absolute atomic E-state index is 0.0974. The van der Waals surface area contributed by atoms with Crippen molar-refractivity contribution in [3.63, 3.8) is 0 Å². The van der Waals surface area contributed by atoms with Crippen LogP contribution in [0.2, 0.25) is 0 Å². The molecule has 0 fully saturated rings. The fourth-order valence-electron chi connectivity index (χ4n) is 2.12. The number of aliphatic hydroxyl groups excluding tert-OH is 1. The average molecular weight is 251 g/mol. The SMILES string of the molecule is CCC(C)NC(CC)(CO)c1ccc(OC)cc1. The van der Waals surface area contributed by atoms with Crippen LogP contribution in [0.25, 0.3) is 0 Å². The Morgan fingerprint density at radius 2 is 1.89 bits per heavy atom. The second kappa shape index (κ2) is 6.76. The zero-order valence-corrected chi connectivity index (χ0v) is 11.9. The summed E-state index contributed by atoms with van der Waals surface area (Å²) in [4.78, 5) is 0. The van der Waals surface area contributed by atoms with Crippen LogP contribution in [0.4, 0.5) is 0 Å². The van der Waals surface area contributed by atoms with Gasteiger partial charge in [0.15, 0.2) is 0 Å². The second-order valence-electron chi connectivity index (χ2n) is 4.78. The molecule has 18 heavy (non-hydrogen) atoms. The lowest BCUT2D eigenvalue weighted by molar-refractivity contribution is 0.143. The fraction of sp³-hybridized carbons (Fsp3) is 0.600. The van der Waals surface area contributed by atoms with Gasteiger partial charge in [0, 0.05) is 6.04 Å². The summed E-state index contributed by atoms with van der Waals surface area (Å²) < 4.78 is 5.17. The Hall–Kier alpha value is -1.06. The quantitative estimate of drug-likeness (QED) is 0.783. The Morgan fingerprint density at radius 1 is 1.28 bits per heavy atom. The highest BCUT2D eigenvalue weighted by molar-refractivity contribution is 5.32. The predicted octanol–water partition coefficient (Wildman–Crippen LogP) is 2.68. The Bertz CT molecular complexity index is 344. The largest absolute Gasteiger partial charge is 0.497 e. The lowest BCUT2D eigenvalue weighted by Crippen LogP contribution is -2.49. The molecule has 0 heterocycles. The molecule has 0 aliphatic rings. The number of rotatable bonds is 7. The molecule has 1 aromatic rings. The van der Waals surface area contributed by atoms with Gasteiger partial charge in [-0.15, -0.1) is 0 Å². The molecule has 0 bridgehead atoms. The smallest absolute Gasteiger partial charge is 0.118 e. The topological polar surface area (TPSA) is 41.5 Å². The zero-order valence-electron chi connectivity index (χ0n) is 11.9. The van der Waals surface area contributed by atoms with E-state index < -0.39 is 0 Å². The standard InChI is InChI=1S/C15H25NO2/c1-5-12(3)16-15(6-2,11-17)13-7-9-14(18-4)10-8-13/h7-10,12,16-17H,5-6,11H2,1-4H3. The predicted molar refractivity (Wildman–Crippen MR) is 74.9 cm³/mol. The van der Waals surface area contributed by atoms with Crippen LogP contribution < -0.4 is 10.1 Å². The summed E-state index contributed by atoms with van der Waals surface area (Å²) in [6, 6.07) is 8.29. The molecule has 0 radical (unpaired) electrons. The van der Waals surface area contributed by atoms with E-state index in [1.165, 1.54) is 0 Å². The third-order valence-electron chi connectivity index (χ3n) is 3.65. The van der Waals surface area contributed by atoms with Crippen LogP contribution in [-0.2, 0) is 5.54 Å². The monoisotopic (exact) mass is 251 g/mol. The lowest BCUT2D eigenvalue weighted by Gasteiger charge is -2.35. The van der Waals surface area contributed by atoms with Crippen molar-refractivity contribution >= 4 is 0 Å². The minimum atomic E-state index is -0.359. The highest BCUT2D eigenvalue weighted by atomic mass is 16.5. The third kappa shape index (κ3) is 3.24. The van der Waals surface area contributed by atoms with E-state index in [1.54, 1.807) is 7.11 Å². The normalized spacial score (nSPS) is 16.1. The van der Waals surface area contributed by atoms with Crippen LogP contribution >= 0.6 is 0 Å². The van der Waals surface area contributed by atoms with E-state index in [2.05, 4.69) is 26.1 Å². The van der Waals surface area contributed by atoms with Crippen LogP contribution in [0.15, 0.2) is 24.3 Å². The van der Waals surface area contributed by atoms with E-state index in [9.17, 15) is 5.11 Å². The highest BCUT2D eigenvalue weighted by Gasteiger charge is 2.30. The maximum Gasteiger partial charge on any atom is 0.118 e. The van der Waals surface area contributed by atoms with Gasteiger partial charge in [-0.3, -0.25) is 0 Å². The molecule has 0 aliphatic carbocycles. The number of hydrogen-bond donors (Lipinski definition) is 2. The van der Waals surface area contributed by atoms with Crippen molar-refractivity contribution in [2.75, 3.05) is 13.7 Å². The number of ether oxygens (including phenoxy) is 1. The lowest BCUT2D eigenvalue weighted by atomic mass is 9.87. The Labute approximate surface area is 110 Å². The molecule has 2 N–H and O–H groups in total. The molecule has 0 amide bonds.